The van der Waals surface area contributed by atoms with Gasteiger partial charge in [-0.1, -0.05) is 17.7 Å². The van der Waals surface area contributed by atoms with Crippen molar-refractivity contribution in [1.82, 2.24) is 4.90 Å². The van der Waals surface area contributed by atoms with Crippen molar-refractivity contribution in [2.24, 2.45) is 0 Å². The predicted octanol–water partition coefficient (Wildman–Crippen LogP) is 3.95. The minimum atomic E-state index is -0.831. The first-order valence-electron chi connectivity index (χ1n) is 9.08. The molecule has 0 aromatic heterocycles. The Hall–Kier alpha value is -2.87. The third kappa shape index (κ3) is 4.27. The molecule has 2 rings (SSSR count). The molecule has 9 heteroatoms. The Balaban J connectivity index is 2.76. The van der Waals surface area contributed by atoms with Crippen molar-refractivity contribution >= 4 is 29.2 Å². The van der Waals surface area contributed by atoms with Gasteiger partial charge in [0.25, 0.3) is 5.69 Å². The summed E-state index contributed by atoms with van der Waals surface area (Å²) in [6.45, 7) is 7.18. The molecule has 0 radical (unpaired) electrons. The molecule has 0 amide bonds. The molecule has 1 aromatic carbocycles. The number of nitrogens with zero attached hydrogens (tertiary/aromatic N) is 2. The summed E-state index contributed by atoms with van der Waals surface area (Å²) in [5, 5.41) is 11.0. The maximum absolute atomic E-state index is 12.8. The maximum atomic E-state index is 12.8. The van der Waals surface area contributed by atoms with Gasteiger partial charge in [0, 0.05) is 24.5 Å². The van der Waals surface area contributed by atoms with Gasteiger partial charge < -0.3 is 14.4 Å². The number of hydrogen-bond acceptors (Lipinski definition) is 7. The zero-order valence-corrected chi connectivity index (χ0v) is 17.7. The summed E-state index contributed by atoms with van der Waals surface area (Å²) in [4.78, 5) is 37.9. The minimum Gasteiger partial charge on any atom is -0.463 e. The third-order valence-electron chi connectivity index (χ3n) is 4.86. The molecular formula is C20H23ClN2O6. The van der Waals surface area contributed by atoms with Crippen LogP contribution in [0, 0.1) is 10.1 Å². The van der Waals surface area contributed by atoms with Crippen molar-refractivity contribution in [2.75, 3.05) is 20.3 Å². The van der Waals surface area contributed by atoms with Crippen LogP contribution in [0.1, 0.15) is 39.2 Å². The van der Waals surface area contributed by atoms with Gasteiger partial charge in [0.2, 0.25) is 0 Å². The summed E-state index contributed by atoms with van der Waals surface area (Å²) in [5.41, 5.74) is 1.92. The molecule has 156 valence electrons. The van der Waals surface area contributed by atoms with Gasteiger partial charge in [-0.15, -0.1) is 0 Å². The van der Waals surface area contributed by atoms with Crippen molar-refractivity contribution in [3.8, 4) is 0 Å². The van der Waals surface area contributed by atoms with Crippen LogP contribution >= 0.6 is 11.6 Å². The van der Waals surface area contributed by atoms with E-state index in [0.29, 0.717) is 17.0 Å². The molecule has 29 heavy (non-hydrogen) atoms. The number of benzene rings is 1. The molecule has 0 N–H and O–H groups in total. The predicted molar refractivity (Wildman–Crippen MR) is 107 cm³/mol. The fourth-order valence-electron chi connectivity index (χ4n) is 3.31. The van der Waals surface area contributed by atoms with Crippen LogP contribution in [-0.2, 0) is 19.1 Å². The summed E-state index contributed by atoms with van der Waals surface area (Å²) < 4.78 is 10.5. The second-order valence-corrected chi connectivity index (χ2v) is 6.81. The Kier molecular flexibility index (Phi) is 7.02. The van der Waals surface area contributed by atoms with Gasteiger partial charge in [-0.05, 0) is 39.3 Å². The van der Waals surface area contributed by atoms with E-state index < -0.39 is 22.8 Å². The zero-order valence-electron chi connectivity index (χ0n) is 16.9. The van der Waals surface area contributed by atoms with Crippen molar-refractivity contribution < 1.29 is 24.0 Å². The Labute approximate surface area is 173 Å². The molecule has 1 aliphatic heterocycles. The quantitative estimate of drug-likeness (QED) is 0.388. The van der Waals surface area contributed by atoms with Crippen molar-refractivity contribution in [1.29, 1.82) is 0 Å². The molecule has 0 fully saturated rings. The lowest BCUT2D eigenvalue weighted by atomic mass is 9.80. The molecule has 1 heterocycles. The number of ether oxygens (including phenoxy) is 2. The Morgan fingerprint density at radius 3 is 1.97 bits per heavy atom. The minimum absolute atomic E-state index is 0.0897. The first-order valence-corrected chi connectivity index (χ1v) is 9.46. The van der Waals surface area contributed by atoms with Crippen molar-refractivity contribution in [3.63, 3.8) is 0 Å². The maximum Gasteiger partial charge on any atom is 0.336 e. The highest BCUT2D eigenvalue weighted by Gasteiger charge is 2.40. The average Bonchev–Trinajstić information content (AvgIpc) is 2.65. The molecule has 0 saturated heterocycles. The fourth-order valence-corrected chi connectivity index (χ4v) is 3.57. The second-order valence-electron chi connectivity index (χ2n) is 6.40. The van der Waals surface area contributed by atoms with Gasteiger partial charge in [-0.3, -0.25) is 10.1 Å². The van der Waals surface area contributed by atoms with Gasteiger partial charge in [0.05, 0.1) is 35.2 Å². The summed E-state index contributed by atoms with van der Waals surface area (Å²) in [6, 6.07) is 4.14. The molecule has 0 atom stereocenters. The van der Waals surface area contributed by atoms with Crippen LogP contribution in [0.4, 0.5) is 5.69 Å². The van der Waals surface area contributed by atoms with Gasteiger partial charge in [0.15, 0.2) is 0 Å². The van der Waals surface area contributed by atoms with Crippen LogP contribution in [-0.4, -0.2) is 42.0 Å². The smallest absolute Gasteiger partial charge is 0.336 e. The Morgan fingerprint density at radius 2 is 1.59 bits per heavy atom. The van der Waals surface area contributed by atoms with E-state index in [1.165, 1.54) is 18.2 Å². The van der Waals surface area contributed by atoms with E-state index in [1.54, 1.807) is 39.6 Å². The van der Waals surface area contributed by atoms with E-state index in [0.717, 1.165) is 0 Å². The van der Waals surface area contributed by atoms with Crippen LogP contribution in [0.3, 0.4) is 0 Å². The number of hydrogen-bond donors (Lipinski definition) is 0. The summed E-state index contributed by atoms with van der Waals surface area (Å²) in [5.74, 6) is -1.99. The lowest BCUT2D eigenvalue weighted by Gasteiger charge is -2.35. The number of allylic oxidation sites excluding steroid dienone is 2. The monoisotopic (exact) mass is 422 g/mol. The zero-order chi connectivity index (χ0) is 21.9. The molecular weight excluding hydrogens is 400 g/mol. The fraction of sp³-hybridized carbons (Fsp3) is 0.400. The standard InChI is InChI=1S/C20H23ClN2O6/c1-6-28-19(24)16-11(3)22(5)12(4)17(20(25)29-7-2)18(16)13-8-9-15(23(26)27)14(21)10-13/h8-10,18H,6-7H2,1-5H3. The first-order chi connectivity index (χ1) is 13.6. The molecule has 0 bridgehead atoms. The molecule has 0 aliphatic carbocycles. The van der Waals surface area contributed by atoms with E-state index in [1.807, 2.05) is 0 Å². The van der Waals surface area contributed by atoms with Gasteiger partial charge >= 0.3 is 11.9 Å². The molecule has 1 aromatic rings. The van der Waals surface area contributed by atoms with Gasteiger partial charge in [-0.2, -0.15) is 0 Å². The largest absolute Gasteiger partial charge is 0.463 e. The van der Waals surface area contributed by atoms with E-state index in [9.17, 15) is 19.7 Å². The van der Waals surface area contributed by atoms with Gasteiger partial charge in [0.1, 0.15) is 5.02 Å². The first kappa shape index (κ1) is 22.4. The second kappa shape index (κ2) is 9.09. The molecule has 0 unspecified atom stereocenters. The number of carbonyl (C=O) groups is 2. The van der Waals surface area contributed by atoms with E-state index in [2.05, 4.69) is 0 Å². The number of nitro benzene ring substituents is 1. The molecule has 1 aliphatic rings. The van der Waals surface area contributed by atoms with E-state index >= 15 is 0 Å². The molecule has 8 nitrogen and oxygen atoms in total. The van der Waals surface area contributed by atoms with Crippen LogP contribution in [0.15, 0.2) is 40.7 Å². The van der Waals surface area contributed by atoms with Crippen molar-refractivity contribution in [2.45, 2.75) is 33.6 Å². The van der Waals surface area contributed by atoms with Crippen LogP contribution in [0.5, 0.6) is 0 Å². The summed E-state index contributed by atoms with van der Waals surface area (Å²) >= 11 is 6.11. The van der Waals surface area contributed by atoms with Crippen LogP contribution in [0.25, 0.3) is 0 Å². The Morgan fingerprint density at radius 1 is 1.10 bits per heavy atom. The highest BCUT2D eigenvalue weighted by atomic mass is 35.5. The topological polar surface area (TPSA) is 99.0 Å². The number of esters is 2. The normalized spacial score (nSPS) is 14.9. The third-order valence-corrected chi connectivity index (χ3v) is 5.16. The lowest BCUT2D eigenvalue weighted by molar-refractivity contribution is -0.384. The molecule has 0 saturated carbocycles. The average molecular weight is 423 g/mol. The van der Waals surface area contributed by atoms with E-state index in [-0.39, 0.29) is 35.1 Å². The lowest BCUT2D eigenvalue weighted by Crippen LogP contribution is -2.33. The molecule has 0 spiro atoms. The highest BCUT2D eigenvalue weighted by molar-refractivity contribution is 6.32. The van der Waals surface area contributed by atoms with Crippen LogP contribution in [0.2, 0.25) is 5.02 Å². The van der Waals surface area contributed by atoms with Crippen LogP contribution < -0.4 is 0 Å². The number of rotatable bonds is 6. The van der Waals surface area contributed by atoms with Crippen molar-refractivity contribution in [3.05, 3.63) is 61.4 Å². The highest BCUT2D eigenvalue weighted by Crippen LogP contribution is 2.43. The van der Waals surface area contributed by atoms with Gasteiger partial charge in [-0.25, -0.2) is 9.59 Å². The number of halogens is 1. The number of nitro groups is 1. The SMILES string of the molecule is CCOC(=O)C1=C(C)N(C)C(C)=C(C(=O)OCC)C1c1ccc([N+](=O)[O-])c(Cl)c1. The summed E-state index contributed by atoms with van der Waals surface area (Å²) in [7, 11) is 1.74. The Bertz CT molecular complexity index is 880. The van der Waals surface area contributed by atoms with E-state index in [4.69, 9.17) is 21.1 Å². The number of carbonyl (C=O) groups excluding carboxylic acids is 2. The summed E-state index contributed by atoms with van der Waals surface area (Å²) in [6.07, 6.45) is 0.